The molecule has 0 saturated carbocycles. The molecule has 0 amide bonds. The molecule has 0 bridgehead atoms. The van der Waals surface area contributed by atoms with Crippen molar-refractivity contribution in [2.24, 2.45) is 10.1 Å². The molecule has 0 N–H and O–H groups in total. The smallest absolute Gasteiger partial charge is 0.433 e. The van der Waals surface area contributed by atoms with Crippen molar-refractivity contribution in [1.29, 1.82) is 0 Å². The van der Waals surface area contributed by atoms with Crippen molar-refractivity contribution in [3.05, 3.63) is 62.5 Å². The summed E-state index contributed by atoms with van der Waals surface area (Å²) in [7, 11) is 0. The topological polar surface area (TPSA) is 95.2 Å². The van der Waals surface area contributed by atoms with Gasteiger partial charge in [-0.1, -0.05) is 0 Å². The normalized spacial score (nSPS) is 12.2. The number of hydrogen-bond acceptors (Lipinski definition) is 7. The van der Waals surface area contributed by atoms with Crippen LogP contribution in [0.2, 0.25) is 0 Å². The van der Waals surface area contributed by atoms with E-state index in [1.165, 1.54) is 41.8 Å². The van der Waals surface area contributed by atoms with E-state index in [1.54, 1.807) is 16.8 Å². The molecule has 28 heavy (non-hydrogen) atoms. The van der Waals surface area contributed by atoms with Crippen molar-refractivity contribution in [1.82, 2.24) is 4.68 Å². The van der Waals surface area contributed by atoms with Gasteiger partial charge in [0.1, 0.15) is 10.7 Å². The highest BCUT2D eigenvalue weighted by molar-refractivity contribution is 7.07. The SMILES string of the molecule is CCN=c1scc(-c2ccc(OC(F)F)cc2)n1/N=C\c1ccc([N+](=O)[O-])o1. The predicted molar refractivity (Wildman–Crippen MR) is 98.8 cm³/mol. The first-order chi connectivity index (χ1) is 13.5. The molecule has 0 unspecified atom stereocenters. The summed E-state index contributed by atoms with van der Waals surface area (Å²) < 4.78 is 35.6. The lowest BCUT2D eigenvalue weighted by molar-refractivity contribution is -0.402. The minimum Gasteiger partial charge on any atom is -0.435 e. The van der Waals surface area contributed by atoms with Crippen LogP contribution in [0.15, 0.2) is 56.3 Å². The first-order valence-electron chi connectivity index (χ1n) is 8.02. The number of halogens is 2. The highest BCUT2D eigenvalue weighted by Crippen LogP contribution is 2.24. The Kier molecular flexibility index (Phi) is 5.94. The number of nitrogens with zero attached hydrogens (tertiary/aromatic N) is 4. The number of aromatic nitrogens is 1. The van der Waals surface area contributed by atoms with Gasteiger partial charge in [-0.05, 0) is 37.3 Å². The number of rotatable bonds is 7. The zero-order valence-corrected chi connectivity index (χ0v) is 15.3. The predicted octanol–water partition coefficient (Wildman–Crippen LogP) is 4.12. The van der Waals surface area contributed by atoms with Gasteiger partial charge in [-0.2, -0.15) is 13.9 Å². The molecule has 0 aliphatic carbocycles. The second-order valence-corrected chi connectivity index (χ2v) is 6.11. The largest absolute Gasteiger partial charge is 0.435 e. The van der Waals surface area contributed by atoms with Crippen LogP contribution in [0, 0.1) is 10.1 Å². The summed E-state index contributed by atoms with van der Waals surface area (Å²) >= 11 is 1.35. The van der Waals surface area contributed by atoms with Crippen LogP contribution in [0.1, 0.15) is 12.7 Å². The van der Waals surface area contributed by atoms with E-state index in [1.807, 2.05) is 12.3 Å². The van der Waals surface area contributed by atoms with E-state index in [0.29, 0.717) is 22.6 Å². The first-order valence-corrected chi connectivity index (χ1v) is 8.90. The molecule has 146 valence electrons. The van der Waals surface area contributed by atoms with Gasteiger partial charge >= 0.3 is 12.5 Å². The van der Waals surface area contributed by atoms with Crippen LogP contribution in [-0.2, 0) is 0 Å². The Bertz CT molecular complexity index is 1050. The number of benzene rings is 1. The fraction of sp³-hybridized carbons (Fsp3) is 0.176. The van der Waals surface area contributed by atoms with E-state index in [0.717, 1.165) is 0 Å². The lowest BCUT2D eigenvalue weighted by Gasteiger charge is -2.06. The number of alkyl halides is 2. The number of thiazole rings is 1. The molecule has 11 heteroatoms. The molecule has 0 fully saturated rings. The highest BCUT2D eigenvalue weighted by atomic mass is 32.1. The quantitative estimate of drug-likeness (QED) is 0.334. The number of furan rings is 1. The van der Waals surface area contributed by atoms with Crippen LogP contribution in [-0.4, -0.2) is 29.0 Å². The number of nitro groups is 1. The second-order valence-electron chi connectivity index (χ2n) is 5.27. The van der Waals surface area contributed by atoms with Crippen molar-refractivity contribution in [3.8, 4) is 17.0 Å². The van der Waals surface area contributed by atoms with Gasteiger partial charge in [-0.25, -0.2) is 4.68 Å². The standard InChI is InChI=1S/C17H14F2N4O4S/c1-2-20-17-22(21-9-13-7-8-15(26-13)23(24)25)14(10-28-17)11-3-5-12(6-4-11)27-16(18)19/h3-10,16H,2H2,1H3/b20-17?,21-9-. The Hall–Kier alpha value is -3.34. The molecule has 0 aliphatic heterocycles. The van der Waals surface area contributed by atoms with E-state index in [9.17, 15) is 18.9 Å². The average molecular weight is 408 g/mol. The molecule has 2 heterocycles. The molecule has 2 aromatic heterocycles. The Morgan fingerprint density at radius 3 is 2.68 bits per heavy atom. The van der Waals surface area contributed by atoms with Gasteiger partial charge in [0.2, 0.25) is 4.80 Å². The Balaban J connectivity index is 1.95. The van der Waals surface area contributed by atoms with Crippen molar-refractivity contribution in [3.63, 3.8) is 0 Å². The monoisotopic (exact) mass is 408 g/mol. The van der Waals surface area contributed by atoms with Gasteiger partial charge in [0, 0.05) is 17.5 Å². The van der Waals surface area contributed by atoms with Crippen LogP contribution >= 0.6 is 11.3 Å². The lowest BCUT2D eigenvalue weighted by Crippen LogP contribution is -2.12. The number of hydrogen-bond donors (Lipinski definition) is 0. The Morgan fingerprint density at radius 2 is 2.07 bits per heavy atom. The Labute approximate surface area is 161 Å². The van der Waals surface area contributed by atoms with Crippen molar-refractivity contribution >= 4 is 23.4 Å². The fourth-order valence-corrected chi connectivity index (χ4v) is 3.19. The summed E-state index contributed by atoms with van der Waals surface area (Å²) in [5.74, 6) is -0.130. The maximum absolute atomic E-state index is 12.3. The van der Waals surface area contributed by atoms with E-state index in [2.05, 4.69) is 14.8 Å². The van der Waals surface area contributed by atoms with Crippen LogP contribution < -0.4 is 9.54 Å². The highest BCUT2D eigenvalue weighted by Gasteiger charge is 2.12. The van der Waals surface area contributed by atoms with Gasteiger partial charge in [-0.3, -0.25) is 15.1 Å². The number of ether oxygens (including phenoxy) is 1. The van der Waals surface area contributed by atoms with Gasteiger partial charge in [0.05, 0.1) is 18.0 Å². The summed E-state index contributed by atoms with van der Waals surface area (Å²) in [6, 6.07) is 8.78. The van der Waals surface area contributed by atoms with E-state index >= 15 is 0 Å². The van der Waals surface area contributed by atoms with Crippen LogP contribution in [0.3, 0.4) is 0 Å². The second kappa shape index (κ2) is 8.57. The van der Waals surface area contributed by atoms with Gasteiger partial charge in [0.25, 0.3) is 0 Å². The summed E-state index contributed by atoms with van der Waals surface area (Å²) in [6.07, 6.45) is 1.34. The molecule has 0 atom stereocenters. The summed E-state index contributed by atoms with van der Waals surface area (Å²) in [6.45, 7) is -0.489. The summed E-state index contributed by atoms with van der Waals surface area (Å²) in [4.78, 5) is 15.0. The molecule has 0 saturated heterocycles. The van der Waals surface area contributed by atoms with Crippen molar-refractivity contribution < 1.29 is 22.9 Å². The average Bonchev–Trinajstić information content (AvgIpc) is 3.28. The van der Waals surface area contributed by atoms with E-state index in [-0.39, 0.29) is 17.4 Å². The van der Waals surface area contributed by atoms with Crippen LogP contribution in [0.4, 0.5) is 14.7 Å². The molecule has 8 nitrogen and oxygen atoms in total. The third-order valence-electron chi connectivity index (χ3n) is 3.45. The summed E-state index contributed by atoms with van der Waals surface area (Å²) in [5, 5.41) is 16.8. The molecule has 0 spiro atoms. The molecule has 3 rings (SSSR count). The van der Waals surface area contributed by atoms with Crippen molar-refractivity contribution in [2.75, 3.05) is 6.54 Å². The minimum absolute atomic E-state index is 0.0467. The van der Waals surface area contributed by atoms with Gasteiger partial charge in [-0.15, -0.1) is 11.3 Å². The molecule has 0 radical (unpaired) electrons. The third-order valence-corrected chi connectivity index (χ3v) is 4.30. The molecule has 3 aromatic rings. The zero-order chi connectivity index (χ0) is 20.1. The van der Waals surface area contributed by atoms with Crippen LogP contribution in [0.25, 0.3) is 11.3 Å². The molecular formula is C17H14F2N4O4S. The van der Waals surface area contributed by atoms with Crippen LogP contribution in [0.5, 0.6) is 5.75 Å². The van der Waals surface area contributed by atoms with Gasteiger partial charge < -0.3 is 9.15 Å². The van der Waals surface area contributed by atoms with Gasteiger partial charge in [0.15, 0.2) is 5.76 Å². The van der Waals surface area contributed by atoms with Crippen molar-refractivity contribution in [2.45, 2.75) is 13.5 Å². The molecule has 1 aromatic carbocycles. The zero-order valence-electron chi connectivity index (χ0n) is 14.5. The van der Waals surface area contributed by atoms with E-state index in [4.69, 9.17) is 4.42 Å². The molecule has 0 aliphatic rings. The van der Waals surface area contributed by atoms with E-state index < -0.39 is 11.5 Å². The maximum atomic E-state index is 12.3. The maximum Gasteiger partial charge on any atom is 0.433 e. The fourth-order valence-electron chi connectivity index (χ4n) is 2.28. The lowest BCUT2D eigenvalue weighted by atomic mass is 10.2. The minimum atomic E-state index is -2.89. The third kappa shape index (κ3) is 4.49. The molecular weight excluding hydrogens is 394 g/mol. The Morgan fingerprint density at radius 1 is 1.32 bits per heavy atom. The summed E-state index contributed by atoms with van der Waals surface area (Å²) in [5.41, 5.74) is 1.37. The first kappa shape index (κ1) is 19.4.